The zero-order valence-corrected chi connectivity index (χ0v) is 17.1. The second-order valence-corrected chi connectivity index (χ2v) is 8.20. The molecule has 7 heteroatoms. The number of anilines is 1. The van der Waals surface area contributed by atoms with Gasteiger partial charge >= 0.3 is 6.03 Å². The van der Waals surface area contributed by atoms with E-state index in [2.05, 4.69) is 10.6 Å². The molecule has 1 saturated heterocycles. The Morgan fingerprint density at radius 3 is 2.69 bits per heavy atom. The van der Waals surface area contributed by atoms with Crippen molar-refractivity contribution >= 4 is 35.1 Å². The molecule has 2 N–H and O–H groups in total. The number of carbonyl (C=O) groups is 3. The second-order valence-electron chi connectivity index (χ2n) is 7.80. The monoisotopic (exact) mass is 411 g/mol. The number of hydrogen-bond acceptors (Lipinski definition) is 3. The summed E-state index contributed by atoms with van der Waals surface area (Å²) >= 11 is 6.08. The maximum absolute atomic E-state index is 13.1. The minimum atomic E-state index is -1.18. The molecule has 2 aromatic rings. The van der Waals surface area contributed by atoms with E-state index >= 15 is 0 Å². The largest absolute Gasteiger partial charge is 0.325 e. The van der Waals surface area contributed by atoms with Crippen molar-refractivity contribution in [2.45, 2.75) is 38.6 Å². The SMILES string of the molecule is Cc1ccc(NC(=O)CN2C(=O)N[C@](C)(c3ccc4c(c3)CCC4)C2=O)cc1Cl. The van der Waals surface area contributed by atoms with Crippen LogP contribution in [0.15, 0.2) is 36.4 Å². The fourth-order valence-electron chi connectivity index (χ4n) is 3.93. The fourth-order valence-corrected chi connectivity index (χ4v) is 4.11. The first-order valence-electron chi connectivity index (χ1n) is 9.60. The molecule has 29 heavy (non-hydrogen) atoms. The van der Waals surface area contributed by atoms with E-state index in [-0.39, 0.29) is 6.54 Å². The number of benzene rings is 2. The molecule has 1 fully saturated rings. The van der Waals surface area contributed by atoms with Crippen LogP contribution in [0.4, 0.5) is 10.5 Å². The van der Waals surface area contributed by atoms with Crippen molar-refractivity contribution in [3.05, 3.63) is 63.7 Å². The molecule has 0 radical (unpaired) electrons. The lowest BCUT2D eigenvalue weighted by molar-refractivity contribution is -0.133. The number of imide groups is 1. The molecule has 4 amide bonds. The standard InChI is InChI=1S/C22H22ClN3O3/c1-13-6-9-17(11-18(13)23)24-19(27)12-26-20(28)22(2,25-21(26)29)16-8-7-14-4-3-5-15(14)10-16/h6-11H,3-5,12H2,1-2H3,(H,24,27)(H,25,29)/t22-/m1/s1. The average molecular weight is 412 g/mol. The van der Waals surface area contributed by atoms with Crippen molar-refractivity contribution in [2.75, 3.05) is 11.9 Å². The second kappa shape index (κ2) is 7.19. The summed E-state index contributed by atoms with van der Waals surface area (Å²) in [6.07, 6.45) is 3.12. The van der Waals surface area contributed by atoms with Crippen LogP contribution >= 0.6 is 11.6 Å². The lowest BCUT2D eigenvalue weighted by Gasteiger charge is -2.23. The highest BCUT2D eigenvalue weighted by Gasteiger charge is 2.49. The number of hydrogen-bond donors (Lipinski definition) is 2. The number of halogens is 1. The van der Waals surface area contributed by atoms with Gasteiger partial charge < -0.3 is 10.6 Å². The Balaban J connectivity index is 1.50. The molecule has 1 aliphatic carbocycles. The van der Waals surface area contributed by atoms with Gasteiger partial charge in [-0.2, -0.15) is 0 Å². The predicted molar refractivity (Wildman–Crippen MR) is 111 cm³/mol. The van der Waals surface area contributed by atoms with Gasteiger partial charge in [0.05, 0.1) is 0 Å². The Kier molecular flexibility index (Phi) is 4.82. The number of urea groups is 1. The Morgan fingerprint density at radius 2 is 1.93 bits per heavy atom. The zero-order valence-electron chi connectivity index (χ0n) is 16.3. The van der Waals surface area contributed by atoms with Gasteiger partial charge in [0, 0.05) is 10.7 Å². The highest BCUT2D eigenvalue weighted by atomic mass is 35.5. The third kappa shape index (κ3) is 3.49. The van der Waals surface area contributed by atoms with Gasteiger partial charge in [0.1, 0.15) is 12.1 Å². The van der Waals surface area contributed by atoms with Gasteiger partial charge in [-0.05, 0) is 67.5 Å². The minimum absolute atomic E-state index is 0.364. The molecule has 2 aliphatic rings. The first-order valence-corrected chi connectivity index (χ1v) is 9.98. The van der Waals surface area contributed by atoms with Crippen molar-refractivity contribution in [1.82, 2.24) is 10.2 Å². The molecule has 0 bridgehead atoms. The van der Waals surface area contributed by atoms with E-state index in [1.807, 2.05) is 25.1 Å². The number of nitrogens with zero attached hydrogens (tertiary/aromatic N) is 1. The van der Waals surface area contributed by atoms with Crippen LogP contribution in [0.5, 0.6) is 0 Å². The summed E-state index contributed by atoms with van der Waals surface area (Å²) in [6.45, 7) is 3.18. The summed E-state index contributed by atoms with van der Waals surface area (Å²) in [7, 11) is 0. The first kappa shape index (κ1) is 19.5. The molecule has 0 aromatic heterocycles. The molecular formula is C22H22ClN3O3. The Morgan fingerprint density at radius 1 is 1.17 bits per heavy atom. The van der Waals surface area contributed by atoms with Crippen LogP contribution in [-0.2, 0) is 28.0 Å². The Hall–Kier alpha value is -2.86. The van der Waals surface area contributed by atoms with Crippen LogP contribution in [0, 0.1) is 6.92 Å². The molecule has 1 atom stereocenters. The third-order valence-corrected chi connectivity index (χ3v) is 6.12. The lowest BCUT2D eigenvalue weighted by Crippen LogP contribution is -2.42. The van der Waals surface area contributed by atoms with Crippen molar-refractivity contribution in [2.24, 2.45) is 0 Å². The molecule has 0 saturated carbocycles. The van der Waals surface area contributed by atoms with E-state index in [0.29, 0.717) is 10.7 Å². The van der Waals surface area contributed by atoms with Crippen molar-refractivity contribution in [3.8, 4) is 0 Å². The number of rotatable bonds is 4. The van der Waals surface area contributed by atoms with Crippen molar-refractivity contribution in [3.63, 3.8) is 0 Å². The Labute approximate surface area is 174 Å². The Bertz CT molecular complexity index is 1040. The van der Waals surface area contributed by atoms with Crippen LogP contribution in [-0.4, -0.2) is 29.3 Å². The predicted octanol–water partition coefficient (Wildman–Crippen LogP) is 3.54. The summed E-state index contributed by atoms with van der Waals surface area (Å²) in [6, 6.07) is 10.5. The normalized spacial score (nSPS) is 20.6. The van der Waals surface area contributed by atoms with Gasteiger partial charge in [-0.3, -0.25) is 14.5 Å². The molecule has 6 nitrogen and oxygen atoms in total. The van der Waals surface area contributed by atoms with E-state index in [4.69, 9.17) is 11.6 Å². The number of nitrogens with one attached hydrogen (secondary N) is 2. The van der Waals surface area contributed by atoms with Gasteiger partial charge in [-0.1, -0.05) is 35.9 Å². The third-order valence-electron chi connectivity index (χ3n) is 5.71. The van der Waals surface area contributed by atoms with Crippen LogP contribution < -0.4 is 10.6 Å². The smallest absolute Gasteiger partial charge is 0.324 e. The van der Waals surface area contributed by atoms with E-state index in [9.17, 15) is 14.4 Å². The molecule has 0 unspecified atom stereocenters. The molecule has 4 rings (SSSR count). The number of fused-ring (bicyclic) bond motifs is 1. The van der Waals surface area contributed by atoms with E-state index in [1.54, 1.807) is 25.1 Å². The average Bonchev–Trinajstić information content (AvgIpc) is 3.23. The summed E-state index contributed by atoms with van der Waals surface area (Å²) in [5.41, 5.74) is 3.48. The summed E-state index contributed by atoms with van der Waals surface area (Å²) < 4.78 is 0. The van der Waals surface area contributed by atoms with Crippen LogP contribution in [0.3, 0.4) is 0 Å². The van der Waals surface area contributed by atoms with Crippen LogP contribution in [0.2, 0.25) is 5.02 Å². The molecule has 1 heterocycles. The van der Waals surface area contributed by atoms with E-state index in [0.717, 1.165) is 35.3 Å². The quantitative estimate of drug-likeness (QED) is 0.755. The van der Waals surface area contributed by atoms with Gasteiger partial charge in [-0.25, -0.2) is 4.79 Å². The van der Waals surface area contributed by atoms with Gasteiger partial charge in [0.25, 0.3) is 5.91 Å². The highest BCUT2D eigenvalue weighted by Crippen LogP contribution is 2.32. The van der Waals surface area contributed by atoms with Gasteiger partial charge in [-0.15, -0.1) is 0 Å². The number of amides is 4. The summed E-state index contributed by atoms with van der Waals surface area (Å²) in [5.74, 6) is -0.899. The molecule has 1 aliphatic heterocycles. The van der Waals surface area contributed by atoms with Crippen molar-refractivity contribution < 1.29 is 14.4 Å². The molecule has 2 aromatic carbocycles. The number of carbonyl (C=O) groups excluding carboxylic acids is 3. The fraction of sp³-hybridized carbons (Fsp3) is 0.318. The maximum atomic E-state index is 13.1. The maximum Gasteiger partial charge on any atom is 0.325 e. The summed E-state index contributed by atoms with van der Waals surface area (Å²) in [4.78, 5) is 38.9. The van der Waals surface area contributed by atoms with Gasteiger partial charge in [0.2, 0.25) is 5.91 Å². The molecule has 0 spiro atoms. The molecule has 150 valence electrons. The van der Waals surface area contributed by atoms with Gasteiger partial charge in [0.15, 0.2) is 0 Å². The first-order chi connectivity index (χ1) is 13.8. The van der Waals surface area contributed by atoms with E-state index < -0.39 is 23.4 Å². The van der Waals surface area contributed by atoms with Crippen LogP contribution in [0.25, 0.3) is 0 Å². The minimum Gasteiger partial charge on any atom is -0.324 e. The van der Waals surface area contributed by atoms with E-state index in [1.165, 1.54) is 11.1 Å². The van der Waals surface area contributed by atoms with Crippen molar-refractivity contribution in [1.29, 1.82) is 0 Å². The summed E-state index contributed by atoms with van der Waals surface area (Å²) in [5, 5.41) is 5.97. The highest BCUT2D eigenvalue weighted by molar-refractivity contribution is 6.31. The van der Waals surface area contributed by atoms with Crippen LogP contribution in [0.1, 0.15) is 35.6 Å². The lowest BCUT2D eigenvalue weighted by atomic mass is 9.89. The topological polar surface area (TPSA) is 78.5 Å². The number of aryl methyl sites for hydroxylation is 3. The molecular weight excluding hydrogens is 390 g/mol. The zero-order chi connectivity index (χ0) is 20.8.